The molecular formula is C33H34ClFN5O3P. The molecule has 1 aliphatic carbocycles. The van der Waals surface area contributed by atoms with Gasteiger partial charge in [-0.25, -0.2) is 18.7 Å². The Morgan fingerprint density at radius 1 is 1.14 bits per heavy atom. The number of hydrogen-bond acceptors (Lipinski definition) is 6. The number of amides is 1. The van der Waals surface area contributed by atoms with Crippen molar-refractivity contribution < 1.29 is 13.8 Å². The monoisotopic (exact) mass is 633 g/mol. The number of carbonyl (C=O) groups is 1. The van der Waals surface area contributed by atoms with Gasteiger partial charge in [0.2, 0.25) is 5.91 Å². The van der Waals surface area contributed by atoms with E-state index in [2.05, 4.69) is 11.6 Å². The predicted octanol–water partition coefficient (Wildman–Crippen LogP) is 5.90. The number of halogens is 2. The maximum atomic E-state index is 15.1. The van der Waals surface area contributed by atoms with Crippen LogP contribution in [0, 0.1) is 12.7 Å². The number of aromatic nitrogens is 3. The number of benzene rings is 2. The van der Waals surface area contributed by atoms with E-state index >= 15 is 4.39 Å². The SMILES string of the molecule is C=CC(=O)N1CCN(c2nc(=O)n(-c3c(C)cc(P(C)(C)=O)cc3C3CC3)c3nc(-c4ccccc4F)c(Cl)cc23)[C@@H](C)C1. The fraction of sp³-hybridized carbons (Fsp3) is 0.333. The molecule has 1 saturated heterocycles. The van der Waals surface area contributed by atoms with Crippen molar-refractivity contribution in [2.45, 2.75) is 38.6 Å². The van der Waals surface area contributed by atoms with Gasteiger partial charge in [-0.05, 0) is 93.5 Å². The van der Waals surface area contributed by atoms with E-state index in [4.69, 9.17) is 16.6 Å². The molecule has 4 aromatic rings. The smallest absolute Gasteiger partial charge is 0.350 e. The Balaban J connectivity index is 1.64. The summed E-state index contributed by atoms with van der Waals surface area (Å²) in [5.41, 5.74) is 2.56. The molecule has 2 aromatic heterocycles. The van der Waals surface area contributed by atoms with Crippen LogP contribution in [-0.2, 0) is 9.36 Å². The molecule has 1 atom stereocenters. The minimum absolute atomic E-state index is 0.154. The summed E-state index contributed by atoms with van der Waals surface area (Å²) in [6.45, 7) is 12.2. The van der Waals surface area contributed by atoms with Crippen LogP contribution in [0.5, 0.6) is 0 Å². The van der Waals surface area contributed by atoms with E-state index in [0.717, 1.165) is 29.3 Å². The van der Waals surface area contributed by atoms with Gasteiger partial charge in [-0.15, -0.1) is 0 Å². The molecule has 1 saturated carbocycles. The molecule has 0 N–H and O–H groups in total. The third kappa shape index (κ3) is 5.37. The lowest BCUT2D eigenvalue weighted by atomic mass is 10.0. The van der Waals surface area contributed by atoms with E-state index in [1.165, 1.54) is 16.7 Å². The van der Waals surface area contributed by atoms with Gasteiger partial charge in [0, 0.05) is 36.5 Å². The maximum Gasteiger partial charge on any atom is 0.355 e. The van der Waals surface area contributed by atoms with Gasteiger partial charge in [-0.1, -0.05) is 30.3 Å². The molecule has 1 aliphatic heterocycles. The molecule has 6 rings (SSSR count). The second-order valence-electron chi connectivity index (χ2n) is 12.1. The fourth-order valence-corrected chi connectivity index (χ4v) is 7.29. The molecule has 0 spiro atoms. The summed E-state index contributed by atoms with van der Waals surface area (Å²) in [5, 5.41) is 1.51. The molecule has 44 heavy (non-hydrogen) atoms. The highest BCUT2D eigenvalue weighted by atomic mass is 35.5. The summed E-state index contributed by atoms with van der Waals surface area (Å²) in [5.74, 6) is -0.0189. The highest BCUT2D eigenvalue weighted by Gasteiger charge is 2.33. The quantitative estimate of drug-likeness (QED) is 0.194. The number of piperazine rings is 1. The van der Waals surface area contributed by atoms with Crippen molar-refractivity contribution >= 4 is 46.8 Å². The summed E-state index contributed by atoms with van der Waals surface area (Å²) >= 11 is 6.81. The van der Waals surface area contributed by atoms with E-state index in [1.54, 1.807) is 42.5 Å². The molecule has 3 heterocycles. The third-order valence-electron chi connectivity index (χ3n) is 8.49. The van der Waals surface area contributed by atoms with Gasteiger partial charge in [-0.2, -0.15) is 4.98 Å². The molecule has 2 aromatic carbocycles. The van der Waals surface area contributed by atoms with Crippen LogP contribution in [0.3, 0.4) is 0 Å². The summed E-state index contributed by atoms with van der Waals surface area (Å²) in [4.78, 5) is 39.7. The highest BCUT2D eigenvalue weighted by Crippen LogP contribution is 2.46. The van der Waals surface area contributed by atoms with E-state index in [-0.39, 0.29) is 34.1 Å². The summed E-state index contributed by atoms with van der Waals surface area (Å²) in [6, 6.07) is 11.6. The van der Waals surface area contributed by atoms with Crippen LogP contribution in [-0.4, -0.2) is 64.3 Å². The number of rotatable bonds is 6. The number of hydrogen-bond donors (Lipinski definition) is 0. The molecule has 11 heteroatoms. The second-order valence-corrected chi connectivity index (χ2v) is 15.7. The Hall–Kier alpha value is -3.81. The minimum Gasteiger partial charge on any atom is -0.350 e. The van der Waals surface area contributed by atoms with Crippen LogP contribution in [0.25, 0.3) is 28.0 Å². The van der Waals surface area contributed by atoms with E-state index in [9.17, 15) is 14.2 Å². The number of nitrogens with zero attached hydrogens (tertiary/aromatic N) is 5. The minimum atomic E-state index is -2.58. The molecule has 2 aliphatic rings. The number of fused-ring (bicyclic) bond motifs is 1. The second kappa shape index (κ2) is 11.3. The largest absolute Gasteiger partial charge is 0.355 e. The van der Waals surface area contributed by atoms with Crippen molar-refractivity contribution in [3.63, 3.8) is 0 Å². The first-order valence-corrected chi connectivity index (χ1v) is 17.6. The predicted molar refractivity (Wildman–Crippen MR) is 175 cm³/mol. The van der Waals surface area contributed by atoms with Gasteiger partial charge in [-0.3, -0.25) is 4.79 Å². The summed E-state index contributed by atoms with van der Waals surface area (Å²) in [6.07, 6.45) is 3.21. The highest BCUT2D eigenvalue weighted by molar-refractivity contribution is 7.70. The van der Waals surface area contributed by atoms with Gasteiger partial charge in [0.05, 0.1) is 21.8 Å². The van der Waals surface area contributed by atoms with Gasteiger partial charge in [0.15, 0.2) is 5.65 Å². The van der Waals surface area contributed by atoms with Crippen molar-refractivity contribution in [2.24, 2.45) is 0 Å². The lowest BCUT2D eigenvalue weighted by Gasteiger charge is -2.40. The van der Waals surface area contributed by atoms with Crippen LogP contribution < -0.4 is 15.9 Å². The van der Waals surface area contributed by atoms with Crippen molar-refractivity contribution in [3.05, 3.63) is 87.6 Å². The third-order valence-corrected chi connectivity index (χ3v) is 10.3. The van der Waals surface area contributed by atoms with Crippen molar-refractivity contribution in [3.8, 4) is 16.9 Å². The average Bonchev–Trinajstić information content (AvgIpc) is 3.82. The first-order valence-electron chi connectivity index (χ1n) is 14.7. The van der Waals surface area contributed by atoms with Gasteiger partial charge >= 0.3 is 5.69 Å². The van der Waals surface area contributed by atoms with Crippen molar-refractivity contribution in [1.82, 2.24) is 19.4 Å². The molecule has 0 bridgehead atoms. The summed E-state index contributed by atoms with van der Waals surface area (Å²) < 4.78 is 29.7. The fourth-order valence-electron chi connectivity index (χ4n) is 6.08. The Kier molecular flexibility index (Phi) is 7.75. The van der Waals surface area contributed by atoms with Crippen LogP contribution in [0.2, 0.25) is 5.02 Å². The number of carbonyl (C=O) groups excluding carboxylic acids is 1. The molecular weight excluding hydrogens is 600 g/mol. The lowest BCUT2D eigenvalue weighted by molar-refractivity contribution is -0.126. The zero-order chi connectivity index (χ0) is 31.5. The molecule has 0 radical (unpaired) electrons. The van der Waals surface area contributed by atoms with Gasteiger partial charge < -0.3 is 14.4 Å². The maximum absolute atomic E-state index is 15.1. The Labute approximate surface area is 260 Å². The van der Waals surface area contributed by atoms with Crippen LogP contribution in [0.1, 0.15) is 36.8 Å². The molecule has 8 nitrogen and oxygen atoms in total. The van der Waals surface area contributed by atoms with Gasteiger partial charge in [0.1, 0.15) is 18.8 Å². The Morgan fingerprint density at radius 3 is 2.50 bits per heavy atom. The van der Waals surface area contributed by atoms with E-state index in [0.29, 0.717) is 42.2 Å². The standard InChI is InChI=1S/C33H34ClFN5O3P/c1-6-28(41)38-13-14-39(20(3)18-38)31-25-17-26(34)29(23-9-7-8-10-27(23)35)36-32(25)40(33(42)37-31)30-19(2)15-22(44(4,5)43)16-24(30)21-11-12-21/h6-10,15-17,20-21H,1,11-14,18H2,2-5H3/t20-/m0/s1. The number of pyridine rings is 1. The average molecular weight is 634 g/mol. The number of aryl methyl sites for hydroxylation is 1. The van der Waals surface area contributed by atoms with Crippen molar-refractivity contribution in [2.75, 3.05) is 37.9 Å². The van der Waals surface area contributed by atoms with Crippen LogP contribution >= 0.6 is 18.7 Å². The topological polar surface area (TPSA) is 88.4 Å². The normalized spacial score (nSPS) is 17.3. The molecule has 228 valence electrons. The van der Waals surface area contributed by atoms with Crippen LogP contribution in [0.4, 0.5) is 10.2 Å². The first-order chi connectivity index (χ1) is 20.9. The van der Waals surface area contributed by atoms with Crippen LogP contribution in [0.15, 0.2) is 59.9 Å². The van der Waals surface area contributed by atoms with Crippen molar-refractivity contribution in [1.29, 1.82) is 0 Å². The van der Waals surface area contributed by atoms with E-state index in [1.807, 2.05) is 30.9 Å². The number of anilines is 1. The molecule has 1 amide bonds. The zero-order valence-corrected chi connectivity index (χ0v) is 26.8. The first kappa shape index (κ1) is 30.2. The Bertz CT molecular complexity index is 1950. The lowest BCUT2D eigenvalue weighted by Crippen LogP contribution is -2.54. The van der Waals surface area contributed by atoms with Gasteiger partial charge in [0.25, 0.3) is 0 Å². The van der Waals surface area contributed by atoms with E-state index < -0.39 is 18.6 Å². The Morgan fingerprint density at radius 2 is 1.86 bits per heavy atom. The molecule has 2 fully saturated rings. The molecule has 0 unspecified atom stereocenters. The zero-order valence-electron chi connectivity index (χ0n) is 25.2. The summed E-state index contributed by atoms with van der Waals surface area (Å²) in [7, 11) is -2.58.